The Morgan fingerprint density at radius 3 is 2.66 bits per heavy atom. The van der Waals surface area contributed by atoms with Gasteiger partial charge in [0.05, 0.1) is 25.1 Å². The summed E-state index contributed by atoms with van der Waals surface area (Å²) in [6.45, 7) is 8.32. The molecule has 2 aromatic heterocycles. The number of carbonyl (C=O) groups excluding carboxylic acids is 1. The summed E-state index contributed by atoms with van der Waals surface area (Å²) in [5, 5.41) is 16.0. The van der Waals surface area contributed by atoms with E-state index in [1.807, 2.05) is 12.1 Å². The maximum Gasteiger partial charge on any atom is 0.324 e. The van der Waals surface area contributed by atoms with E-state index in [4.69, 9.17) is 14.4 Å². The first kappa shape index (κ1) is 25.2. The Morgan fingerprint density at radius 2 is 2.06 bits per heavy atom. The lowest BCUT2D eigenvalue weighted by molar-refractivity contribution is -0.126. The van der Waals surface area contributed by atoms with Gasteiger partial charge in [0.25, 0.3) is 0 Å². The number of allylic oxidation sites excluding steroid dienone is 2. The first-order valence-corrected chi connectivity index (χ1v) is 12.7. The van der Waals surface area contributed by atoms with Gasteiger partial charge in [0.1, 0.15) is 5.75 Å². The maximum absolute atomic E-state index is 12.3. The van der Waals surface area contributed by atoms with Gasteiger partial charge < -0.3 is 24.6 Å². The molecule has 2 N–H and O–H groups in total. The summed E-state index contributed by atoms with van der Waals surface area (Å²) >= 11 is 0. The first-order valence-electron chi connectivity index (χ1n) is 12.7. The smallest absolute Gasteiger partial charge is 0.324 e. The highest BCUT2D eigenvalue weighted by Gasteiger charge is 2.25. The third-order valence-corrected chi connectivity index (χ3v) is 6.83. The van der Waals surface area contributed by atoms with Crippen molar-refractivity contribution in [2.75, 3.05) is 31.2 Å². The van der Waals surface area contributed by atoms with Crippen molar-refractivity contribution in [2.24, 2.45) is 11.8 Å². The highest BCUT2D eigenvalue weighted by Crippen LogP contribution is 2.30. The van der Waals surface area contributed by atoms with E-state index >= 15 is 0 Å². The van der Waals surface area contributed by atoms with Crippen molar-refractivity contribution in [1.82, 2.24) is 20.4 Å². The molecule has 4 rings (SSSR count). The predicted molar refractivity (Wildman–Crippen MR) is 133 cm³/mol. The molecule has 1 aliphatic heterocycles. The molecule has 1 saturated heterocycles. The zero-order valence-corrected chi connectivity index (χ0v) is 20.9. The molecule has 2 aromatic rings. The number of aliphatic hydroxyl groups is 1. The van der Waals surface area contributed by atoms with Gasteiger partial charge in [0.15, 0.2) is 5.82 Å². The number of aliphatic hydroxyl groups excluding tert-OH is 1. The first-order chi connectivity index (χ1) is 16.9. The van der Waals surface area contributed by atoms with Crippen LogP contribution in [-0.4, -0.2) is 58.5 Å². The highest BCUT2D eigenvalue weighted by atomic mass is 16.5. The summed E-state index contributed by atoms with van der Waals surface area (Å²) in [5.41, 5.74) is 2.11. The minimum Gasteiger partial charge on any atom is -0.492 e. The van der Waals surface area contributed by atoms with Crippen LogP contribution < -0.4 is 15.0 Å². The average molecular weight is 484 g/mol. The number of hydrogen-bond acceptors (Lipinski definition) is 8. The molecule has 0 radical (unpaired) electrons. The quantitative estimate of drug-likeness (QED) is 0.557. The fraction of sp³-hybridized carbons (Fsp3) is 0.615. The number of piperidine rings is 1. The van der Waals surface area contributed by atoms with Gasteiger partial charge in [-0.25, -0.2) is 0 Å². The molecule has 0 bridgehead atoms. The highest BCUT2D eigenvalue weighted by molar-refractivity contribution is 5.80. The number of pyridine rings is 1. The van der Waals surface area contributed by atoms with Crippen LogP contribution in [0.4, 0.5) is 6.01 Å². The summed E-state index contributed by atoms with van der Waals surface area (Å²) in [7, 11) is 0. The van der Waals surface area contributed by atoms with E-state index in [2.05, 4.69) is 45.3 Å². The number of ether oxygens (including phenoxy) is 1. The van der Waals surface area contributed by atoms with E-state index in [0.29, 0.717) is 25.0 Å². The summed E-state index contributed by atoms with van der Waals surface area (Å²) < 4.78 is 11.5. The van der Waals surface area contributed by atoms with Gasteiger partial charge in [0, 0.05) is 31.0 Å². The molecular weight excluding hydrogens is 446 g/mol. The molecule has 2 atom stereocenters. The van der Waals surface area contributed by atoms with Crippen molar-refractivity contribution >= 4 is 17.5 Å². The van der Waals surface area contributed by atoms with Crippen LogP contribution in [0.15, 0.2) is 28.9 Å². The summed E-state index contributed by atoms with van der Waals surface area (Å²) in [5.74, 6) is 2.25. The Morgan fingerprint density at radius 1 is 1.26 bits per heavy atom. The second-order valence-electron chi connectivity index (χ2n) is 10.0. The fourth-order valence-electron chi connectivity index (χ4n) is 4.46. The normalized spacial score (nSPS) is 20.0. The van der Waals surface area contributed by atoms with E-state index in [0.717, 1.165) is 56.0 Å². The SMILES string of the molecule is CC(C)c1noc(N2CCC(COc3ccc(C4=CCC(C(=O)N[C@@H](C)CO)CC4)nc3)CC2)n1. The zero-order valence-electron chi connectivity index (χ0n) is 20.9. The largest absolute Gasteiger partial charge is 0.492 e. The van der Waals surface area contributed by atoms with Crippen molar-refractivity contribution in [3.05, 3.63) is 35.9 Å². The zero-order chi connectivity index (χ0) is 24.8. The molecule has 1 unspecified atom stereocenters. The molecule has 1 aliphatic carbocycles. The lowest BCUT2D eigenvalue weighted by atomic mass is 9.87. The van der Waals surface area contributed by atoms with E-state index in [1.54, 1.807) is 13.1 Å². The third kappa shape index (κ3) is 6.60. The van der Waals surface area contributed by atoms with Crippen molar-refractivity contribution < 1.29 is 19.2 Å². The van der Waals surface area contributed by atoms with Gasteiger partial charge >= 0.3 is 6.01 Å². The molecule has 1 amide bonds. The van der Waals surface area contributed by atoms with Crippen molar-refractivity contribution in [2.45, 2.75) is 64.8 Å². The molecule has 1 fully saturated rings. The van der Waals surface area contributed by atoms with E-state index in [1.165, 1.54) is 5.57 Å². The molecule has 3 heterocycles. The van der Waals surface area contributed by atoms with Gasteiger partial charge in [-0.05, 0) is 62.7 Å². The Kier molecular flexibility index (Phi) is 8.38. The number of carbonyl (C=O) groups is 1. The number of nitrogens with one attached hydrogen (secondary N) is 1. The maximum atomic E-state index is 12.3. The Labute approximate surface area is 207 Å². The molecule has 9 heteroatoms. The second kappa shape index (κ2) is 11.7. The number of anilines is 1. The molecule has 2 aliphatic rings. The van der Waals surface area contributed by atoms with Crippen LogP contribution in [0.5, 0.6) is 5.75 Å². The molecule has 0 saturated carbocycles. The Bertz CT molecular complexity index is 995. The Hall–Kier alpha value is -2.94. The fourth-order valence-corrected chi connectivity index (χ4v) is 4.46. The van der Waals surface area contributed by atoms with E-state index in [-0.39, 0.29) is 30.4 Å². The van der Waals surface area contributed by atoms with Gasteiger partial charge in [-0.2, -0.15) is 4.98 Å². The van der Waals surface area contributed by atoms with Gasteiger partial charge in [-0.1, -0.05) is 25.1 Å². The molecule has 35 heavy (non-hydrogen) atoms. The van der Waals surface area contributed by atoms with Gasteiger partial charge in [0.2, 0.25) is 5.91 Å². The second-order valence-corrected chi connectivity index (χ2v) is 10.0. The average Bonchev–Trinajstić information content (AvgIpc) is 3.39. The summed E-state index contributed by atoms with van der Waals surface area (Å²) in [6, 6.07) is 4.39. The molecule has 0 aromatic carbocycles. The van der Waals surface area contributed by atoms with Crippen molar-refractivity contribution in [3.8, 4) is 5.75 Å². The lowest BCUT2D eigenvalue weighted by Gasteiger charge is -2.30. The number of aromatic nitrogens is 3. The van der Waals surface area contributed by atoms with Crippen LogP contribution in [0, 0.1) is 11.8 Å². The van der Waals surface area contributed by atoms with Crippen LogP contribution in [0.3, 0.4) is 0 Å². The van der Waals surface area contributed by atoms with Gasteiger partial charge in [-0.15, -0.1) is 0 Å². The van der Waals surface area contributed by atoms with Crippen LogP contribution >= 0.6 is 0 Å². The molecule has 9 nitrogen and oxygen atoms in total. The summed E-state index contributed by atoms with van der Waals surface area (Å²) in [6.07, 6.45) is 8.24. The van der Waals surface area contributed by atoms with Crippen LogP contribution in [0.2, 0.25) is 0 Å². The third-order valence-electron chi connectivity index (χ3n) is 6.83. The molecular formula is C26H37N5O4. The van der Waals surface area contributed by atoms with Crippen molar-refractivity contribution in [3.63, 3.8) is 0 Å². The summed E-state index contributed by atoms with van der Waals surface area (Å²) in [4.78, 5) is 23.5. The molecule has 190 valence electrons. The minimum atomic E-state index is -0.210. The monoisotopic (exact) mass is 483 g/mol. The van der Waals surface area contributed by atoms with Crippen LogP contribution in [0.1, 0.15) is 70.3 Å². The lowest BCUT2D eigenvalue weighted by Crippen LogP contribution is -2.39. The molecule has 0 spiro atoms. The van der Waals surface area contributed by atoms with Crippen LogP contribution in [0.25, 0.3) is 5.57 Å². The van der Waals surface area contributed by atoms with E-state index in [9.17, 15) is 4.79 Å². The number of rotatable bonds is 9. The predicted octanol–water partition coefficient (Wildman–Crippen LogP) is 3.56. The Balaban J connectivity index is 1.21. The standard InChI is InChI=1S/C26H37N5O4/c1-17(2)24-29-26(35-30-24)31-12-10-19(11-13-31)16-34-22-8-9-23(27-14-22)20-4-6-21(7-5-20)25(33)28-18(3)15-32/h4,8-9,14,17-19,21,32H,5-7,10-13,15-16H2,1-3H3,(H,28,33)/t18-,21?/m0/s1. The number of hydrogen-bond donors (Lipinski definition) is 2. The number of amides is 1. The minimum absolute atomic E-state index is 0.0155. The van der Waals surface area contributed by atoms with Gasteiger partial charge in [-0.3, -0.25) is 9.78 Å². The van der Waals surface area contributed by atoms with E-state index < -0.39 is 0 Å². The van der Waals surface area contributed by atoms with Crippen molar-refractivity contribution in [1.29, 1.82) is 0 Å². The van der Waals surface area contributed by atoms with Crippen LogP contribution in [-0.2, 0) is 4.79 Å². The number of nitrogens with zero attached hydrogens (tertiary/aromatic N) is 4. The topological polar surface area (TPSA) is 114 Å².